The zero-order chi connectivity index (χ0) is 50.0. The molecule has 0 N–H and O–H groups in total. The van der Waals surface area contributed by atoms with E-state index < -0.39 is 6.10 Å². The van der Waals surface area contributed by atoms with E-state index in [4.69, 9.17) is 14.2 Å². The summed E-state index contributed by atoms with van der Waals surface area (Å²) in [4.78, 5) is 38.2. The van der Waals surface area contributed by atoms with Crippen LogP contribution in [-0.4, -0.2) is 37.2 Å². The largest absolute Gasteiger partial charge is 0.462 e. The zero-order valence-corrected chi connectivity index (χ0v) is 46.1. The number of carbonyl (C=O) groups excluding carboxylic acids is 3. The highest BCUT2D eigenvalue weighted by Gasteiger charge is 2.19. The van der Waals surface area contributed by atoms with Crippen LogP contribution in [0.4, 0.5) is 0 Å². The molecule has 0 saturated heterocycles. The molecule has 0 aromatic carbocycles. The van der Waals surface area contributed by atoms with Gasteiger partial charge in [0.05, 0.1) is 0 Å². The molecular formula is C63H114O6. The highest BCUT2D eigenvalue weighted by molar-refractivity contribution is 5.71. The molecule has 0 heterocycles. The smallest absolute Gasteiger partial charge is 0.306 e. The Hall–Kier alpha value is -2.63. The normalized spacial score (nSPS) is 12.3. The van der Waals surface area contributed by atoms with Gasteiger partial charge in [-0.15, -0.1) is 0 Å². The molecule has 0 aliphatic carbocycles. The van der Waals surface area contributed by atoms with E-state index in [0.29, 0.717) is 19.3 Å². The quantitative estimate of drug-likeness (QED) is 0.0262. The summed E-state index contributed by atoms with van der Waals surface area (Å²) in [7, 11) is 0. The third-order valence-corrected chi connectivity index (χ3v) is 13.3. The first-order valence-electron chi connectivity index (χ1n) is 30.1. The lowest BCUT2D eigenvalue weighted by atomic mass is 10.0. The summed E-state index contributed by atoms with van der Waals surface area (Å²) < 4.78 is 16.9. The SMILES string of the molecule is CCCCC/C=C\C/C=C\C/C=C\C/C=C\CCCC(=O)OC[C@H](COC(=O)CCCCCCCCCCCCCCCCCCCCC)OC(=O)CCCCCCCCCCCCCCCCC. The lowest BCUT2D eigenvalue weighted by molar-refractivity contribution is -0.167. The lowest BCUT2D eigenvalue weighted by Gasteiger charge is -2.18. The van der Waals surface area contributed by atoms with Crippen LogP contribution in [0.2, 0.25) is 0 Å². The van der Waals surface area contributed by atoms with E-state index in [2.05, 4.69) is 69.4 Å². The zero-order valence-electron chi connectivity index (χ0n) is 46.1. The highest BCUT2D eigenvalue weighted by atomic mass is 16.6. The molecule has 0 saturated carbocycles. The van der Waals surface area contributed by atoms with Gasteiger partial charge in [0.2, 0.25) is 0 Å². The summed E-state index contributed by atoms with van der Waals surface area (Å²) >= 11 is 0. The Kier molecular flexibility index (Phi) is 55.7. The lowest BCUT2D eigenvalue weighted by Crippen LogP contribution is -2.30. The van der Waals surface area contributed by atoms with Gasteiger partial charge in [-0.05, 0) is 57.8 Å². The Bertz CT molecular complexity index is 1200. The Morgan fingerprint density at radius 3 is 0.870 bits per heavy atom. The average Bonchev–Trinajstić information content (AvgIpc) is 3.35. The van der Waals surface area contributed by atoms with Crippen LogP contribution < -0.4 is 0 Å². The minimum atomic E-state index is -0.791. The molecule has 6 heteroatoms. The maximum atomic E-state index is 12.9. The third kappa shape index (κ3) is 56.2. The van der Waals surface area contributed by atoms with Gasteiger partial charge in [0, 0.05) is 19.3 Å². The fourth-order valence-electron chi connectivity index (χ4n) is 8.79. The summed E-state index contributed by atoms with van der Waals surface area (Å²) in [6, 6.07) is 0. The second kappa shape index (κ2) is 57.9. The Morgan fingerprint density at radius 2 is 0.536 bits per heavy atom. The molecule has 0 aliphatic rings. The minimum Gasteiger partial charge on any atom is -0.462 e. The third-order valence-electron chi connectivity index (χ3n) is 13.3. The Morgan fingerprint density at radius 1 is 0.290 bits per heavy atom. The van der Waals surface area contributed by atoms with Crippen LogP contribution in [0.3, 0.4) is 0 Å². The summed E-state index contributed by atoms with van der Waals surface area (Å²) in [6.07, 6.45) is 71.1. The number of allylic oxidation sites excluding steroid dienone is 8. The number of carbonyl (C=O) groups is 3. The van der Waals surface area contributed by atoms with Crippen molar-refractivity contribution in [1.29, 1.82) is 0 Å². The van der Waals surface area contributed by atoms with Gasteiger partial charge in [-0.2, -0.15) is 0 Å². The number of hydrogen-bond donors (Lipinski definition) is 0. The number of rotatable bonds is 55. The van der Waals surface area contributed by atoms with Crippen molar-refractivity contribution in [2.45, 2.75) is 322 Å². The minimum absolute atomic E-state index is 0.0853. The van der Waals surface area contributed by atoms with Gasteiger partial charge in [0.25, 0.3) is 0 Å². The van der Waals surface area contributed by atoms with Crippen LogP contribution in [0.25, 0.3) is 0 Å². The fourth-order valence-corrected chi connectivity index (χ4v) is 8.79. The molecule has 0 spiro atoms. The van der Waals surface area contributed by atoms with Crippen LogP contribution in [0.5, 0.6) is 0 Å². The van der Waals surface area contributed by atoms with E-state index in [9.17, 15) is 14.4 Å². The second-order valence-corrected chi connectivity index (χ2v) is 20.3. The van der Waals surface area contributed by atoms with Gasteiger partial charge in [0.1, 0.15) is 13.2 Å². The molecular weight excluding hydrogens is 853 g/mol. The monoisotopic (exact) mass is 967 g/mol. The van der Waals surface area contributed by atoms with Crippen LogP contribution in [0.1, 0.15) is 316 Å². The summed E-state index contributed by atoms with van der Waals surface area (Å²) in [5.74, 6) is -0.924. The standard InChI is InChI=1S/C63H114O6/c1-4-7-10-13-16-19-22-25-28-30-31-33-36-38-41-44-47-50-53-56-62(65)68-59-60(69-63(66)57-54-51-48-45-42-39-34-27-24-21-18-15-12-9-6-3)58-67-61(64)55-52-49-46-43-40-37-35-32-29-26-23-20-17-14-11-8-5-2/h17,20,26,29,35,37,43,46,60H,4-16,18-19,21-25,27-28,30-34,36,38-42,44-45,47-59H2,1-3H3/b20-17-,29-26-,37-35-,46-43-/t60-/m1/s1. The molecule has 0 bridgehead atoms. The maximum Gasteiger partial charge on any atom is 0.306 e. The molecule has 0 aromatic heterocycles. The summed E-state index contributed by atoms with van der Waals surface area (Å²) in [5.41, 5.74) is 0. The number of hydrogen-bond acceptors (Lipinski definition) is 6. The van der Waals surface area contributed by atoms with Crippen molar-refractivity contribution in [2.75, 3.05) is 13.2 Å². The van der Waals surface area contributed by atoms with E-state index in [1.807, 2.05) is 0 Å². The molecule has 0 aromatic rings. The number of esters is 3. The highest BCUT2D eigenvalue weighted by Crippen LogP contribution is 2.17. The maximum absolute atomic E-state index is 12.9. The van der Waals surface area contributed by atoms with Crippen molar-refractivity contribution in [3.8, 4) is 0 Å². The van der Waals surface area contributed by atoms with Gasteiger partial charge in [0.15, 0.2) is 6.10 Å². The van der Waals surface area contributed by atoms with Crippen LogP contribution in [-0.2, 0) is 28.6 Å². The van der Waals surface area contributed by atoms with E-state index >= 15 is 0 Å². The predicted octanol–water partition coefficient (Wildman–Crippen LogP) is 20.2. The van der Waals surface area contributed by atoms with E-state index in [1.165, 1.54) is 205 Å². The molecule has 0 radical (unpaired) electrons. The Labute approximate surface area is 428 Å². The second-order valence-electron chi connectivity index (χ2n) is 20.3. The molecule has 402 valence electrons. The van der Waals surface area contributed by atoms with Crippen molar-refractivity contribution in [2.24, 2.45) is 0 Å². The van der Waals surface area contributed by atoms with Crippen molar-refractivity contribution in [3.05, 3.63) is 48.6 Å². The number of unbranched alkanes of at least 4 members (excludes halogenated alkanes) is 36. The summed E-state index contributed by atoms with van der Waals surface area (Å²) in [6.45, 7) is 6.61. The predicted molar refractivity (Wildman–Crippen MR) is 298 cm³/mol. The van der Waals surface area contributed by atoms with Gasteiger partial charge in [-0.25, -0.2) is 0 Å². The van der Waals surface area contributed by atoms with Gasteiger partial charge in [-0.1, -0.05) is 288 Å². The molecule has 0 unspecified atom stereocenters. The number of ether oxygens (including phenoxy) is 3. The molecule has 69 heavy (non-hydrogen) atoms. The first-order chi connectivity index (χ1) is 34.0. The van der Waals surface area contributed by atoms with E-state index in [0.717, 1.165) is 64.2 Å². The topological polar surface area (TPSA) is 78.9 Å². The first-order valence-corrected chi connectivity index (χ1v) is 30.1. The molecule has 1 atom stereocenters. The van der Waals surface area contributed by atoms with Crippen molar-refractivity contribution in [3.63, 3.8) is 0 Å². The molecule has 6 nitrogen and oxygen atoms in total. The van der Waals surface area contributed by atoms with Gasteiger partial charge >= 0.3 is 17.9 Å². The fraction of sp³-hybridized carbons (Fsp3) is 0.825. The van der Waals surface area contributed by atoms with Crippen molar-refractivity contribution in [1.82, 2.24) is 0 Å². The van der Waals surface area contributed by atoms with E-state index in [1.54, 1.807) is 0 Å². The average molecular weight is 968 g/mol. The molecule has 0 aliphatic heterocycles. The van der Waals surface area contributed by atoms with Gasteiger partial charge in [-0.3, -0.25) is 14.4 Å². The van der Waals surface area contributed by atoms with Crippen LogP contribution in [0, 0.1) is 0 Å². The van der Waals surface area contributed by atoms with Crippen LogP contribution >= 0.6 is 0 Å². The van der Waals surface area contributed by atoms with Crippen LogP contribution in [0.15, 0.2) is 48.6 Å². The van der Waals surface area contributed by atoms with Crippen molar-refractivity contribution < 1.29 is 28.6 Å². The molecule has 0 rings (SSSR count). The van der Waals surface area contributed by atoms with E-state index in [-0.39, 0.29) is 37.5 Å². The molecule has 0 fully saturated rings. The van der Waals surface area contributed by atoms with Crippen molar-refractivity contribution >= 4 is 17.9 Å². The summed E-state index contributed by atoms with van der Waals surface area (Å²) in [5, 5.41) is 0. The van der Waals surface area contributed by atoms with Gasteiger partial charge < -0.3 is 14.2 Å². The Balaban J connectivity index is 4.39. The first kappa shape index (κ1) is 66.4. The molecule has 0 amide bonds.